The summed E-state index contributed by atoms with van der Waals surface area (Å²) in [4.78, 5) is 21.9. The Morgan fingerprint density at radius 3 is 2.43 bits per heavy atom. The molecule has 4 heteroatoms. The summed E-state index contributed by atoms with van der Waals surface area (Å²) in [5, 5.41) is 9.02. The van der Waals surface area contributed by atoms with E-state index in [1.807, 2.05) is 19.9 Å². The molecule has 0 aromatic heterocycles. The molecular weight excluding hydrogens is 376 g/mol. The third-order valence-electron chi connectivity index (χ3n) is 5.72. The van der Waals surface area contributed by atoms with E-state index in [1.54, 1.807) is 0 Å². The molecule has 1 aliphatic heterocycles. The van der Waals surface area contributed by atoms with Crippen LogP contribution in [0.2, 0.25) is 0 Å². The second kappa shape index (κ2) is 12.1. The van der Waals surface area contributed by atoms with Crippen molar-refractivity contribution in [2.75, 3.05) is 0 Å². The fourth-order valence-corrected chi connectivity index (χ4v) is 4.15. The highest BCUT2D eigenvalue weighted by Crippen LogP contribution is 2.41. The normalized spacial score (nSPS) is 25.3. The van der Waals surface area contributed by atoms with Gasteiger partial charge in [-0.3, -0.25) is 4.79 Å². The van der Waals surface area contributed by atoms with E-state index in [-0.39, 0.29) is 12.0 Å². The van der Waals surface area contributed by atoms with Gasteiger partial charge in [-0.2, -0.15) is 0 Å². The molecule has 1 unspecified atom stereocenters. The molecular formula is C26H38O4. The van der Waals surface area contributed by atoms with Crippen LogP contribution in [-0.4, -0.2) is 22.3 Å². The number of allylic oxidation sites excluding steroid dienone is 3. The quantitative estimate of drug-likeness (QED) is 0.215. The van der Waals surface area contributed by atoms with Crippen molar-refractivity contribution in [3.63, 3.8) is 0 Å². The van der Waals surface area contributed by atoms with Crippen molar-refractivity contribution < 1.29 is 19.7 Å². The van der Waals surface area contributed by atoms with Crippen LogP contribution >= 0.6 is 0 Å². The van der Waals surface area contributed by atoms with Gasteiger partial charge in [0.2, 0.25) is 0 Å². The monoisotopic (exact) mass is 414 g/mol. The second-order valence-corrected chi connectivity index (χ2v) is 9.25. The SMILES string of the molecule is CC(CC/C=C/CC/C=C/c1ccccc1)CCC[C@]1(C)C[C@](C)(CC(=O)O)OO1. The van der Waals surface area contributed by atoms with Gasteiger partial charge in [0.1, 0.15) is 11.2 Å². The highest BCUT2D eigenvalue weighted by molar-refractivity contribution is 5.68. The first kappa shape index (κ1) is 24.4. The lowest BCUT2D eigenvalue weighted by atomic mass is 9.84. The predicted octanol–water partition coefficient (Wildman–Crippen LogP) is 6.97. The van der Waals surface area contributed by atoms with Crippen LogP contribution in [0.15, 0.2) is 48.6 Å². The van der Waals surface area contributed by atoms with Crippen LogP contribution in [0.1, 0.15) is 84.1 Å². The molecule has 1 N–H and O–H groups in total. The van der Waals surface area contributed by atoms with Gasteiger partial charge in [0.15, 0.2) is 0 Å². The number of carbonyl (C=O) groups is 1. The van der Waals surface area contributed by atoms with Gasteiger partial charge in [-0.25, -0.2) is 9.78 Å². The fraction of sp³-hybridized carbons (Fsp3) is 0.577. The number of unbranched alkanes of at least 4 members (excludes halogenated alkanes) is 1. The number of aliphatic carboxylic acids is 1. The van der Waals surface area contributed by atoms with Crippen LogP contribution in [0.4, 0.5) is 0 Å². The van der Waals surface area contributed by atoms with Gasteiger partial charge in [-0.15, -0.1) is 0 Å². The van der Waals surface area contributed by atoms with E-state index in [4.69, 9.17) is 14.9 Å². The highest BCUT2D eigenvalue weighted by atomic mass is 17.2. The molecule has 0 amide bonds. The van der Waals surface area contributed by atoms with Crippen LogP contribution < -0.4 is 0 Å². The van der Waals surface area contributed by atoms with Crippen LogP contribution in [0, 0.1) is 5.92 Å². The fourth-order valence-electron chi connectivity index (χ4n) is 4.15. The van der Waals surface area contributed by atoms with Crippen molar-refractivity contribution in [3.8, 4) is 0 Å². The number of carboxylic acids is 1. The van der Waals surface area contributed by atoms with E-state index < -0.39 is 11.6 Å². The molecule has 1 heterocycles. The van der Waals surface area contributed by atoms with Crippen LogP contribution in [0.5, 0.6) is 0 Å². The molecule has 30 heavy (non-hydrogen) atoms. The Hall–Kier alpha value is -1.91. The first-order valence-electron chi connectivity index (χ1n) is 11.3. The maximum atomic E-state index is 11.0. The summed E-state index contributed by atoms with van der Waals surface area (Å²) >= 11 is 0. The number of hydrogen-bond acceptors (Lipinski definition) is 3. The lowest BCUT2D eigenvalue weighted by Gasteiger charge is -2.22. The minimum Gasteiger partial charge on any atom is -0.481 e. The molecule has 2 rings (SSSR count). The smallest absolute Gasteiger partial charge is 0.306 e. The molecule has 0 radical (unpaired) electrons. The van der Waals surface area contributed by atoms with Crippen LogP contribution in [-0.2, 0) is 14.6 Å². The first-order valence-corrected chi connectivity index (χ1v) is 11.3. The minimum atomic E-state index is -0.848. The first-order chi connectivity index (χ1) is 14.3. The summed E-state index contributed by atoms with van der Waals surface area (Å²) in [7, 11) is 0. The number of benzene rings is 1. The minimum absolute atomic E-state index is 0.0205. The van der Waals surface area contributed by atoms with Crippen LogP contribution in [0.3, 0.4) is 0 Å². The summed E-state index contributed by atoms with van der Waals surface area (Å²) in [6, 6.07) is 10.4. The third-order valence-corrected chi connectivity index (χ3v) is 5.72. The molecule has 0 spiro atoms. The zero-order valence-corrected chi connectivity index (χ0v) is 18.8. The van der Waals surface area contributed by atoms with Crippen molar-refractivity contribution in [3.05, 3.63) is 54.1 Å². The maximum Gasteiger partial charge on any atom is 0.306 e. The Bertz CT molecular complexity index is 696. The second-order valence-electron chi connectivity index (χ2n) is 9.25. The van der Waals surface area contributed by atoms with E-state index >= 15 is 0 Å². The number of rotatable bonds is 13. The van der Waals surface area contributed by atoms with Gasteiger partial charge in [-0.05, 0) is 57.4 Å². The summed E-state index contributed by atoms with van der Waals surface area (Å²) in [5.74, 6) is -0.178. The van der Waals surface area contributed by atoms with Gasteiger partial charge in [0.25, 0.3) is 0 Å². The molecule has 166 valence electrons. The Balaban J connectivity index is 1.54. The summed E-state index contributed by atoms with van der Waals surface area (Å²) < 4.78 is 0. The molecule has 1 saturated heterocycles. The van der Waals surface area contributed by atoms with E-state index in [0.717, 1.165) is 38.5 Å². The summed E-state index contributed by atoms with van der Waals surface area (Å²) in [5.41, 5.74) is 0.162. The highest BCUT2D eigenvalue weighted by Gasteiger charge is 2.47. The number of carboxylic acid groups (broad SMARTS) is 1. The Labute approximate surface area is 181 Å². The standard InChI is InChI=1S/C26H38O4/c1-22(14-9-6-4-5-7-10-16-23-17-11-8-12-18-23)15-13-19-25(2)21-26(3,30-29-25)20-24(27)28/h4,6,8,10-12,16-18,22H,5,7,9,13-15,19-21H2,1-3H3,(H,27,28)/b6-4+,16-10+/t22?,25-,26+/m1/s1. The Kier molecular flexibility index (Phi) is 9.80. The average Bonchev–Trinajstić information content (AvgIpc) is 2.98. The van der Waals surface area contributed by atoms with Crippen molar-refractivity contribution in [2.45, 2.75) is 89.8 Å². The van der Waals surface area contributed by atoms with Crippen molar-refractivity contribution >= 4 is 12.0 Å². The molecule has 0 bridgehead atoms. The average molecular weight is 415 g/mol. The van der Waals surface area contributed by atoms with Gasteiger partial charge >= 0.3 is 5.97 Å². The number of hydrogen-bond donors (Lipinski definition) is 1. The summed E-state index contributed by atoms with van der Waals surface area (Å²) in [6.45, 7) is 6.15. The molecule has 0 aliphatic carbocycles. The molecule has 4 nitrogen and oxygen atoms in total. The zero-order chi connectivity index (χ0) is 21.9. The van der Waals surface area contributed by atoms with Gasteiger partial charge in [0, 0.05) is 6.42 Å². The summed E-state index contributed by atoms with van der Waals surface area (Å²) in [6.07, 6.45) is 17.2. The largest absolute Gasteiger partial charge is 0.481 e. The van der Waals surface area contributed by atoms with E-state index in [1.165, 1.54) is 12.0 Å². The zero-order valence-electron chi connectivity index (χ0n) is 18.8. The molecule has 0 saturated carbocycles. The van der Waals surface area contributed by atoms with Crippen LogP contribution in [0.25, 0.3) is 6.08 Å². The van der Waals surface area contributed by atoms with Crippen molar-refractivity contribution in [1.82, 2.24) is 0 Å². The van der Waals surface area contributed by atoms with E-state index in [9.17, 15) is 4.79 Å². The Morgan fingerprint density at radius 2 is 1.70 bits per heavy atom. The Morgan fingerprint density at radius 1 is 1.03 bits per heavy atom. The molecule has 1 fully saturated rings. The third kappa shape index (κ3) is 9.27. The van der Waals surface area contributed by atoms with Gasteiger partial charge < -0.3 is 5.11 Å². The van der Waals surface area contributed by atoms with E-state index in [0.29, 0.717) is 12.3 Å². The lowest BCUT2D eigenvalue weighted by molar-refractivity contribution is -0.345. The van der Waals surface area contributed by atoms with Gasteiger partial charge in [-0.1, -0.05) is 74.4 Å². The van der Waals surface area contributed by atoms with Crippen molar-refractivity contribution in [1.29, 1.82) is 0 Å². The topological polar surface area (TPSA) is 55.8 Å². The molecule has 3 atom stereocenters. The molecule has 1 aromatic carbocycles. The van der Waals surface area contributed by atoms with Gasteiger partial charge in [0.05, 0.1) is 6.42 Å². The predicted molar refractivity (Wildman–Crippen MR) is 122 cm³/mol. The van der Waals surface area contributed by atoms with E-state index in [2.05, 4.69) is 55.5 Å². The molecule has 1 aromatic rings. The lowest BCUT2D eigenvalue weighted by Crippen LogP contribution is -2.30. The van der Waals surface area contributed by atoms with Crippen molar-refractivity contribution in [2.24, 2.45) is 5.92 Å². The maximum absolute atomic E-state index is 11.0. The molecule has 1 aliphatic rings.